The molecule has 2 nitrogen and oxygen atoms in total. The molecule has 2 rings (SSSR count). The first kappa shape index (κ1) is 14.7. The fourth-order valence-corrected chi connectivity index (χ4v) is 2.93. The zero-order valence-corrected chi connectivity index (χ0v) is 12.0. The van der Waals surface area contributed by atoms with Crippen molar-refractivity contribution in [2.24, 2.45) is 11.8 Å². The molecule has 0 saturated carbocycles. The topological polar surface area (TPSA) is 34.1 Å². The molecule has 0 amide bonds. The molecule has 0 radical (unpaired) electrons. The van der Waals surface area contributed by atoms with Crippen LogP contribution < -0.4 is 0 Å². The number of rotatable bonds is 4. The van der Waals surface area contributed by atoms with Gasteiger partial charge in [0.1, 0.15) is 5.78 Å². The highest BCUT2D eigenvalue weighted by atomic mass is 16.1. The molecule has 0 bridgehead atoms. The number of ketones is 2. The lowest BCUT2D eigenvalue weighted by Gasteiger charge is -2.22. The number of hydrogen-bond donors (Lipinski definition) is 0. The SMILES string of the molecule is CC(=O)C(C(=O)c1ccccc1)C1/C=C\CCCCC1. The Morgan fingerprint density at radius 2 is 1.85 bits per heavy atom. The fourth-order valence-electron chi connectivity index (χ4n) is 2.93. The van der Waals surface area contributed by atoms with Crippen molar-refractivity contribution >= 4 is 11.6 Å². The molecule has 2 atom stereocenters. The van der Waals surface area contributed by atoms with E-state index in [1.54, 1.807) is 12.1 Å². The van der Waals surface area contributed by atoms with Gasteiger partial charge in [0.15, 0.2) is 5.78 Å². The first-order valence-electron chi connectivity index (χ1n) is 7.46. The lowest BCUT2D eigenvalue weighted by atomic mass is 9.79. The molecule has 1 aromatic rings. The molecule has 0 aromatic heterocycles. The van der Waals surface area contributed by atoms with Crippen LogP contribution in [0.5, 0.6) is 0 Å². The van der Waals surface area contributed by atoms with E-state index in [4.69, 9.17) is 0 Å². The zero-order valence-electron chi connectivity index (χ0n) is 12.0. The van der Waals surface area contributed by atoms with Crippen molar-refractivity contribution in [3.63, 3.8) is 0 Å². The second kappa shape index (κ2) is 7.18. The van der Waals surface area contributed by atoms with Crippen LogP contribution in [-0.2, 0) is 4.79 Å². The van der Waals surface area contributed by atoms with Crippen LogP contribution in [-0.4, -0.2) is 11.6 Å². The van der Waals surface area contributed by atoms with E-state index in [1.165, 1.54) is 19.8 Å². The molecular weight excluding hydrogens is 248 g/mol. The highest BCUT2D eigenvalue weighted by Gasteiger charge is 2.31. The van der Waals surface area contributed by atoms with Crippen LogP contribution in [0.25, 0.3) is 0 Å². The average molecular weight is 270 g/mol. The first-order valence-corrected chi connectivity index (χ1v) is 7.46. The molecule has 0 saturated heterocycles. The molecule has 0 heterocycles. The Hall–Kier alpha value is -1.70. The summed E-state index contributed by atoms with van der Waals surface area (Å²) in [6.45, 7) is 1.54. The summed E-state index contributed by atoms with van der Waals surface area (Å²) in [7, 11) is 0. The molecule has 2 unspecified atom stereocenters. The van der Waals surface area contributed by atoms with Crippen LogP contribution in [0.2, 0.25) is 0 Å². The van der Waals surface area contributed by atoms with Gasteiger partial charge in [0.05, 0.1) is 5.92 Å². The van der Waals surface area contributed by atoms with E-state index in [1.807, 2.05) is 18.2 Å². The molecule has 2 heteroatoms. The van der Waals surface area contributed by atoms with Crippen LogP contribution >= 0.6 is 0 Å². The Labute approximate surface area is 120 Å². The van der Waals surface area contributed by atoms with Gasteiger partial charge in [0, 0.05) is 5.56 Å². The molecule has 0 aliphatic heterocycles. The molecule has 0 fully saturated rings. The molecule has 1 aliphatic carbocycles. The summed E-state index contributed by atoms with van der Waals surface area (Å²) >= 11 is 0. The van der Waals surface area contributed by atoms with Gasteiger partial charge in [-0.1, -0.05) is 55.3 Å². The zero-order chi connectivity index (χ0) is 14.4. The number of benzene rings is 1. The van der Waals surface area contributed by atoms with Crippen molar-refractivity contribution in [2.75, 3.05) is 0 Å². The van der Waals surface area contributed by atoms with Crippen LogP contribution in [0, 0.1) is 11.8 Å². The highest BCUT2D eigenvalue weighted by Crippen LogP contribution is 2.27. The Morgan fingerprint density at radius 3 is 2.55 bits per heavy atom. The quantitative estimate of drug-likeness (QED) is 0.466. The van der Waals surface area contributed by atoms with Crippen molar-refractivity contribution in [1.29, 1.82) is 0 Å². The van der Waals surface area contributed by atoms with Crippen LogP contribution in [0.1, 0.15) is 49.4 Å². The first-order chi connectivity index (χ1) is 9.70. The van der Waals surface area contributed by atoms with Crippen molar-refractivity contribution in [3.05, 3.63) is 48.0 Å². The summed E-state index contributed by atoms with van der Waals surface area (Å²) in [6.07, 6.45) is 9.70. The van der Waals surface area contributed by atoms with E-state index in [0.29, 0.717) is 5.56 Å². The lowest BCUT2D eigenvalue weighted by molar-refractivity contribution is -0.120. The third kappa shape index (κ3) is 3.66. The van der Waals surface area contributed by atoms with Crippen LogP contribution in [0.15, 0.2) is 42.5 Å². The highest BCUT2D eigenvalue weighted by molar-refractivity contribution is 6.10. The third-order valence-corrected chi connectivity index (χ3v) is 4.00. The predicted molar refractivity (Wildman–Crippen MR) is 80.7 cm³/mol. The summed E-state index contributed by atoms with van der Waals surface area (Å²) in [5, 5.41) is 0. The van der Waals surface area contributed by atoms with E-state index in [-0.39, 0.29) is 17.5 Å². The normalized spacial score (nSPS) is 22.4. The van der Waals surface area contributed by atoms with Gasteiger partial charge in [0.25, 0.3) is 0 Å². The van der Waals surface area contributed by atoms with E-state index in [2.05, 4.69) is 12.2 Å². The van der Waals surface area contributed by atoms with Gasteiger partial charge in [-0.05, 0) is 32.1 Å². The number of carbonyl (C=O) groups is 2. The monoisotopic (exact) mass is 270 g/mol. The van der Waals surface area contributed by atoms with Crippen LogP contribution in [0.4, 0.5) is 0 Å². The average Bonchev–Trinajstić information content (AvgIpc) is 2.41. The van der Waals surface area contributed by atoms with Crippen molar-refractivity contribution in [3.8, 4) is 0 Å². The Kier molecular flexibility index (Phi) is 5.28. The second-order valence-corrected chi connectivity index (χ2v) is 5.55. The summed E-state index contributed by atoms with van der Waals surface area (Å²) in [6, 6.07) is 9.17. The van der Waals surface area contributed by atoms with Crippen molar-refractivity contribution in [2.45, 2.75) is 39.0 Å². The number of Topliss-reactive ketones (excluding diaryl/α,β-unsaturated/α-hetero) is 2. The number of hydrogen-bond acceptors (Lipinski definition) is 2. The summed E-state index contributed by atoms with van der Waals surface area (Å²) in [5.41, 5.74) is 0.642. The largest absolute Gasteiger partial charge is 0.299 e. The molecule has 106 valence electrons. The number of carbonyl (C=O) groups excluding carboxylic acids is 2. The smallest absolute Gasteiger partial charge is 0.173 e. The summed E-state index contributed by atoms with van der Waals surface area (Å²) < 4.78 is 0. The molecule has 1 aliphatic rings. The van der Waals surface area contributed by atoms with Gasteiger partial charge in [-0.25, -0.2) is 0 Å². The Morgan fingerprint density at radius 1 is 1.10 bits per heavy atom. The van der Waals surface area contributed by atoms with Gasteiger partial charge in [-0.15, -0.1) is 0 Å². The van der Waals surface area contributed by atoms with E-state index >= 15 is 0 Å². The maximum atomic E-state index is 12.6. The Bertz CT molecular complexity index is 487. The van der Waals surface area contributed by atoms with Gasteiger partial charge < -0.3 is 0 Å². The van der Waals surface area contributed by atoms with Gasteiger partial charge >= 0.3 is 0 Å². The fraction of sp³-hybridized carbons (Fsp3) is 0.444. The van der Waals surface area contributed by atoms with Gasteiger partial charge in [-0.2, -0.15) is 0 Å². The molecule has 0 N–H and O–H groups in total. The second-order valence-electron chi connectivity index (χ2n) is 5.55. The van der Waals surface area contributed by atoms with Crippen LogP contribution in [0.3, 0.4) is 0 Å². The standard InChI is InChI=1S/C18H22O2/c1-14(19)17(15-10-6-3-2-4-7-11-15)18(20)16-12-8-5-9-13-16/h5-6,8-10,12-13,15,17H,2-4,7,11H2,1H3/b10-6-. The number of allylic oxidation sites excluding steroid dienone is 2. The van der Waals surface area contributed by atoms with E-state index in [0.717, 1.165) is 19.3 Å². The minimum Gasteiger partial charge on any atom is -0.299 e. The molecule has 20 heavy (non-hydrogen) atoms. The molecule has 1 aromatic carbocycles. The minimum atomic E-state index is -0.522. The minimum absolute atomic E-state index is 0.0194. The molecular formula is C18H22O2. The third-order valence-electron chi connectivity index (χ3n) is 4.00. The maximum Gasteiger partial charge on any atom is 0.173 e. The Balaban J connectivity index is 2.24. The van der Waals surface area contributed by atoms with E-state index < -0.39 is 5.92 Å². The van der Waals surface area contributed by atoms with Gasteiger partial charge in [0.2, 0.25) is 0 Å². The summed E-state index contributed by atoms with van der Waals surface area (Å²) in [5.74, 6) is -0.519. The summed E-state index contributed by atoms with van der Waals surface area (Å²) in [4.78, 5) is 24.6. The van der Waals surface area contributed by atoms with Crippen molar-refractivity contribution in [1.82, 2.24) is 0 Å². The predicted octanol–water partition coefficient (Wildman–Crippen LogP) is 4.21. The van der Waals surface area contributed by atoms with Crippen molar-refractivity contribution < 1.29 is 9.59 Å². The lowest BCUT2D eigenvalue weighted by Crippen LogP contribution is -2.29. The maximum absolute atomic E-state index is 12.6. The molecule has 0 spiro atoms. The van der Waals surface area contributed by atoms with E-state index in [9.17, 15) is 9.59 Å². The van der Waals surface area contributed by atoms with Gasteiger partial charge in [-0.3, -0.25) is 9.59 Å².